The number of halogens is 1. The molecule has 34 heavy (non-hydrogen) atoms. The van der Waals surface area contributed by atoms with Gasteiger partial charge in [0.2, 0.25) is 22.0 Å². The summed E-state index contributed by atoms with van der Waals surface area (Å²) in [5.74, 6) is -0.519. The molecule has 2 aliphatic heterocycles. The van der Waals surface area contributed by atoms with Crippen LogP contribution in [0.3, 0.4) is 0 Å². The first kappa shape index (κ1) is 24.3. The van der Waals surface area contributed by atoms with Gasteiger partial charge in [0.05, 0.1) is 26.5 Å². The number of amides is 1. The Labute approximate surface area is 203 Å². The number of fused-ring (bicyclic) bond motifs is 1. The van der Waals surface area contributed by atoms with Gasteiger partial charge in [-0.1, -0.05) is 23.7 Å². The Morgan fingerprint density at radius 1 is 1.09 bits per heavy atom. The van der Waals surface area contributed by atoms with E-state index in [1.165, 1.54) is 35.6 Å². The Kier molecular flexibility index (Phi) is 7.01. The normalized spacial score (nSPS) is 19.1. The fourth-order valence-electron chi connectivity index (χ4n) is 4.25. The Morgan fingerprint density at radius 2 is 1.79 bits per heavy atom. The highest BCUT2D eigenvalue weighted by Gasteiger charge is 2.39. The zero-order chi connectivity index (χ0) is 24.5. The van der Waals surface area contributed by atoms with Crippen molar-refractivity contribution in [3.8, 4) is 11.5 Å². The number of methoxy groups -OCH3 is 2. The predicted octanol–water partition coefficient (Wildman–Crippen LogP) is 2.72. The van der Waals surface area contributed by atoms with Crippen LogP contribution in [-0.4, -0.2) is 64.6 Å². The van der Waals surface area contributed by atoms with E-state index in [2.05, 4.69) is 0 Å². The summed E-state index contributed by atoms with van der Waals surface area (Å²) in [4.78, 5) is 27.1. The number of hydrogen-bond donors (Lipinski definition) is 0. The molecule has 11 heteroatoms. The maximum atomic E-state index is 13.5. The van der Waals surface area contributed by atoms with E-state index < -0.39 is 28.0 Å². The largest absolute Gasteiger partial charge is 0.495 e. The molecular weight excluding hydrogens is 484 g/mol. The molecule has 1 fully saturated rings. The number of hydrogen-bond acceptors (Lipinski definition) is 7. The summed E-state index contributed by atoms with van der Waals surface area (Å²) in [7, 11) is -1.19. The topological polar surface area (TPSA) is 102 Å². The van der Waals surface area contributed by atoms with Gasteiger partial charge >= 0.3 is 5.97 Å². The van der Waals surface area contributed by atoms with E-state index in [-0.39, 0.29) is 41.2 Å². The molecule has 9 nitrogen and oxygen atoms in total. The summed E-state index contributed by atoms with van der Waals surface area (Å²) in [5.41, 5.74) is 0.575. The van der Waals surface area contributed by atoms with Crippen molar-refractivity contribution in [3.63, 3.8) is 0 Å². The summed E-state index contributed by atoms with van der Waals surface area (Å²) in [6.07, 6.45) is -0.258. The number of carbonyl (C=O) groups is 2. The zero-order valence-corrected chi connectivity index (χ0v) is 20.3. The Bertz CT molecular complexity index is 1200. The highest BCUT2D eigenvalue weighted by Crippen LogP contribution is 2.36. The second-order valence-corrected chi connectivity index (χ2v) is 10.4. The van der Waals surface area contributed by atoms with E-state index in [0.717, 1.165) is 0 Å². The molecule has 2 aliphatic rings. The number of anilines is 1. The van der Waals surface area contributed by atoms with Gasteiger partial charge in [0.1, 0.15) is 16.4 Å². The third-order valence-corrected chi connectivity index (χ3v) is 8.21. The third-order valence-electron chi connectivity index (χ3n) is 6.05. The molecule has 0 unspecified atom stereocenters. The van der Waals surface area contributed by atoms with Gasteiger partial charge in [-0.05, 0) is 43.2 Å². The van der Waals surface area contributed by atoms with Crippen molar-refractivity contribution in [2.45, 2.75) is 23.8 Å². The fourth-order valence-corrected chi connectivity index (χ4v) is 6.14. The molecule has 2 heterocycles. The van der Waals surface area contributed by atoms with Crippen LogP contribution in [0.5, 0.6) is 11.5 Å². The summed E-state index contributed by atoms with van der Waals surface area (Å²) in [6, 6.07) is 11.4. The number of rotatable bonds is 5. The van der Waals surface area contributed by atoms with Gasteiger partial charge in [-0.25, -0.2) is 13.2 Å². The van der Waals surface area contributed by atoms with E-state index in [9.17, 15) is 18.0 Å². The highest BCUT2D eigenvalue weighted by molar-refractivity contribution is 7.89. The van der Waals surface area contributed by atoms with Crippen LogP contribution in [0.15, 0.2) is 47.4 Å². The van der Waals surface area contributed by atoms with Crippen molar-refractivity contribution < 1.29 is 32.2 Å². The molecule has 1 atom stereocenters. The molecule has 0 aliphatic carbocycles. The van der Waals surface area contributed by atoms with Gasteiger partial charge in [0, 0.05) is 24.0 Å². The number of para-hydroxylation sites is 2. The van der Waals surface area contributed by atoms with Gasteiger partial charge < -0.3 is 19.1 Å². The minimum Gasteiger partial charge on any atom is -0.495 e. The third kappa shape index (κ3) is 4.57. The highest BCUT2D eigenvalue weighted by atomic mass is 35.5. The van der Waals surface area contributed by atoms with Gasteiger partial charge in [0.25, 0.3) is 0 Å². The van der Waals surface area contributed by atoms with Crippen molar-refractivity contribution in [2.75, 3.05) is 38.8 Å². The maximum absolute atomic E-state index is 13.5. The number of piperidine rings is 1. The van der Waals surface area contributed by atoms with Crippen LogP contribution in [0.25, 0.3) is 0 Å². The lowest BCUT2D eigenvalue weighted by Gasteiger charge is -2.37. The Morgan fingerprint density at radius 3 is 2.47 bits per heavy atom. The first-order valence-corrected chi connectivity index (χ1v) is 12.6. The molecule has 0 N–H and O–H groups in total. The van der Waals surface area contributed by atoms with Crippen molar-refractivity contribution in [1.82, 2.24) is 4.31 Å². The van der Waals surface area contributed by atoms with E-state index >= 15 is 0 Å². The van der Waals surface area contributed by atoms with Gasteiger partial charge in [-0.2, -0.15) is 4.31 Å². The molecule has 2 aromatic carbocycles. The number of benzene rings is 2. The average Bonchev–Trinajstić information content (AvgIpc) is 2.87. The van der Waals surface area contributed by atoms with Gasteiger partial charge in [-0.15, -0.1) is 0 Å². The van der Waals surface area contributed by atoms with Crippen LogP contribution in [0.1, 0.15) is 12.8 Å². The molecule has 0 radical (unpaired) electrons. The maximum Gasteiger partial charge on any atom is 0.348 e. The van der Waals surface area contributed by atoms with E-state index in [1.807, 2.05) is 0 Å². The van der Waals surface area contributed by atoms with E-state index in [0.29, 0.717) is 24.3 Å². The molecule has 1 saturated heterocycles. The van der Waals surface area contributed by atoms with Crippen LogP contribution < -0.4 is 14.4 Å². The number of ether oxygens (including phenoxy) is 3. The minimum absolute atomic E-state index is 0.00435. The van der Waals surface area contributed by atoms with Crippen molar-refractivity contribution in [1.29, 1.82) is 0 Å². The zero-order valence-electron chi connectivity index (χ0n) is 18.8. The standard InChI is InChI=1S/C23H25ClN2O7S/c1-31-19-8-7-16(24)13-21(19)34(29,30)25-11-9-15(10-12-25)22(27)26-14-20(23(28)32-2)33-18-6-4-3-5-17(18)26/h3-8,13,15,20H,9-12,14H2,1-2H3/t20-/m0/s1. The Balaban J connectivity index is 1.51. The number of carbonyl (C=O) groups excluding carboxylic acids is 2. The Hall–Kier alpha value is -2.82. The first-order valence-electron chi connectivity index (χ1n) is 10.7. The molecule has 4 rings (SSSR count). The number of sulfonamides is 1. The van der Waals surface area contributed by atoms with Crippen molar-refractivity contribution >= 4 is 39.2 Å². The SMILES string of the molecule is COC(=O)[C@@H]1CN(C(=O)C2CCN(S(=O)(=O)c3cc(Cl)ccc3OC)CC2)c2ccccc2O1. The quantitative estimate of drug-likeness (QED) is 0.572. The van der Waals surface area contributed by atoms with E-state index in [4.69, 9.17) is 25.8 Å². The molecule has 182 valence electrons. The molecule has 0 saturated carbocycles. The van der Waals surface area contributed by atoms with Crippen LogP contribution >= 0.6 is 11.6 Å². The number of esters is 1. The summed E-state index contributed by atoms with van der Waals surface area (Å²) < 4.78 is 43.5. The lowest BCUT2D eigenvalue weighted by molar-refractivity contribution is -0.148. The molecular formula is C23H25ClN2O7S. The molecule has 0 aromatic heterocycles. The lowest BCUT2D eigenvalue weighted by atomic mass is 9.95. The average molecular weight is 509 g/mol. The molecule has 0 bridgehead atoms. The van der Waals surface area contributed by atoms with Crippen LogP contribution in [0.4, 0.5) is 5.69 Å². The second-order valence-electron chi connectivity index (χ2n) is 8.02. The molecule has 2 aromatic rings. The van der Waals surface area contributed by atoms with Crippen LogP contribution in [-0.2, 0) is 24.3 Å². The summed E-state index contributed by atoms with van der Waals surface area (Å²) in [6.45, 7) is 0.363. The van der Waals surface area contributed by atoms with Gasteiger partial charge in [-0.3, -0.25) is 4.79 Å². The summed E-state index contributed by atoms with van der Waals surface area (Å²) >= 11 is 6.02. The second kappa shape index (κ2) is 9.81. The van der Waals surface area contributed by atoms with Crippen molar-refractivity contribution in [2.24, 2.45) is 5.92 Å². The number of nitrogens with zero attached hydrogens (tertiary/aromatic N) is 2. The van der Waals surface area contributed by atoms with Crippen molar-refractivity contribution in [3.05, 3.63) is 47.5 Å². The summed E-state index contributed by atoms with van der Waals surface area (Å²) in [5, 5.41) is 0.288. The molecule has 0 spiro atoms. The van der Waals surface area contributed by atoms with Crippen LogP contribution in [0, 0.1) is 5.92 Å². The fraction of sp³-hybridized carbons (Fsp3) is 0.391. The first-order chi connectivity index (χ1) is 16.3. The van der Waals surface area contributed by atoms with Gasteiger partial charge in [0.15, 0.2) is 0 Å². The predicted molar refractivity (Wildman–Crippen MR) is 125 cm³/mol. The van der Waals surface area contributed by atoms with Crippen LogP contribution in [0.2, 0.25) is 5.02 Å². The van der Waals surface area contributed by atoms with E-state index in [1.54, 1.807) is 30.3 Å². The lowest BCUT2D eigenvalue weighted by Crippen LogP contribution is -2.51. The molecule has 1 amide bonds. The monoisotopic (exact) mass is 508 g/mol. The smallest absolute Gasteiger partial charge is 0.348 e. The minimum atomic E-state index is -3.86.